The van der Waals surface area contributed by atoms with E-state index in [2.05, 4.69) is 0 Å². The number of ether oxygens (including phenoxy) is 6. The topological polar surface area (TPSA) is 141 Å². The Kier molecular flexibility index (Phi) is 16.6. The highest BCUT2D eigenvalue weighted by Gasteiger charge is 2.11. The van der Waals surface area contributed by atoms with Crippen molar-refractivity contribution in [2.45, 2.75) is 58.8 Å². The van der Waals surface area contributed by atoms with Crippen molar-refractivity contribution in [2.24, 2.45) is 0 Å². The van der Waals surface area contributed by atoms with Gasteiger partial charge in [-0.3, -0.25) is 19.2 Å². The Morgan fingerprint density at radius 3 is 1.54 bits per heavy atom. The minimum absolute atomic E-state index is 0.00990. The van der Waals surface area contributed by atoms with Gasteiger partial charge in [0, 0.05) is 12.8 Å². The van der Waals surface area contributed by atoms with Crippen molar-refractivity contribution in [3.05, 3.63) is 29.8 Å². The fraction of sp³-hybridized carbons (Fsp3) is 0.577. The summed E-state index contributed by atoms with van der Waals surface area (Å²) in [6.07, 6.45) is 1.38. The summed E-state index contributed by atoms with van der Waals surface area (Å²) in [4.78, 5) is 57.8. The lowest BCUT2D eigenvalue weighted by atomic mass is 10.2. The zero-order valence-corrected chi connectivity index (χ0v) is 21.5. The van der Waals surface area contributed by atoms with Crippen LogP contribution >= 0.6 is 0 Å². The first-order chi connectivity index (χ1) is 17.8. The molecule has 206 valence electrons. The first-order valence-electron chi connectivity index (χ1n) is 12.4. The quantitative estimate of drug-likeness (QED) is 0.150. The molecule has 11 nitrogen and oxygen atoms in total. The summed E-state index contributed by atoms with van der Waals surface area (Å²) in [5, 5.41) is 0. The van der Waals surface area contributed by atoms with Crippen molar-refractivity contribution in [2.75, 3.05) is 39.6 Å². The van der Waals surface area contributed by atoms with E-state index in [9.17, 15) is 24.0 Å². The summed E-state index contributed by atoms with van der Waals surface area (Å²) in [5.74, 6) is -1.84. The van der Waals surface area contributed by atoms with Gasteiger partial charge in [0.25, 0.3) is 0 Å². The van der Waals surface area contributed by atoms with Crippen molar-refractivity contribution in [1.29, 1.82) is 0 Å². The average Bonchev–Trinajstić information content (AvgIpc) is 2.89. The molecule has 0 radical (unpaired) electrons. The van der Waals surface area contributed by atoms with Gasteiger partial charge >= 0.3 is 29.8 Å². The highest BCUT2D eigenvalue weighted by molar-refractivity contribution is 5.89. The van der Waals surface area contributed by atoms with Crippen LogP contribution in [0, 0.1) is 0 Å². The molecule has 0 saturated heterocycles. The molecule has 0 aliphatic carbocycles. The second-order valence-corrected chi connectivity index (χ2v) is 7.68. The lowest BCUT2D eigenvalue weighted by Gasteiger charge is -2.09. The van der Waals surface area contributed by atoms with Crippen LogP contribution in [-0.4, -0.2) is 69.5 Å². The molecule has 37 heavy (non-hydrogen) atoms. The second kappa shape index (κ2) is 19.5. The third-order valence-corrected chi connectivity index (χ3v) is 4.53. The van der Waals surface area contributed by atoms with Crippen LogP contribution in [0.15, 0.2) is 24.3 Å². The monoisotopic (exact) mass is 524 g/mol. The Labute approximate surface area is 216 Å². The largest absolute Gasteiger partial charge is 0.493 e. The van der Waals surface area contributed by atoms with Gasteiger partial charge in [-0.05, 0) is 37.6 Å². The molecule has 1 aromatic carbocycles. The summed E-state index contributed by atoms with van der Waals surface area (Å²) in [7, 11) is 0. The third kappa shape index (κ3) is 15.9. The van der Waals surface area contributed by atoms with Crippen molar-refractivity contribution < 1.29 is 52.4 Å². The standard InChI is InChI=1S/C26H36O11/c1-3-15-34-23(28)13-14-25(30)36-18-6-19-37-26(31)20-7-9-21(10-8-20)33-16-5-17-35-24(29)12-11-22(27)32-4-2/h7-10H,3-6,11-19H2,1-2H3. The second-order valence-electron chi connectivity index (χ2n) is 7.68. The van der Waals surface area contributed by atoms with Crippen molar-refractivity contribution in [1.82, 2.24) is 0 Å². The SMILES string of the molecule is CCCOC(=O)CCC(=O)OCCCOC(=O)c1ccc(OCCCOC(=O)CCC(=O)OCC)cc1. The lowest BCUT2D eigenvalue weighted by molar-refractivity contribution is -0.150. The number of hydrogen-bond donors (Lipinski definition) is 0. The minimum Gasteiger partial charge on any atom is -0.493 e. The van der Waals surface area contributed by atoms with Crippen LogP contribution < -0.4 is 4.74 Å². The number of benzene rings is 1. The number of hydrogen-bond acceptors (Lipinski definition) is 11. The van der Waals surface area contributed by atoms with Crippen LogP contribution in [0.5, 0.6) is 5.75 Å². The number of rotatable bonds is 19. The van der Waals surface area contributed by atoms with Gasteiger partial charge in [-0.15, -0.1) is 0 Å². The molecular formula is C26H36O11. The lowest BCUT2D eigenvalue weighted by Crippen LogP contribution is -2.13. The van der Waals surface area contributed by atoms with E-state index in [0.717, 1.165) is 6.42 Å². The molecule has 0 aromatic heterocycles. The number of esters is 5. The molecule has 0 aliphatic rings. The van der Waals surface area contributed by atoms with Gasteiger partial charge < -0.3 is 28.4 Å². The molecule has 0 spiro atoms. The Bertz CT molecular complexity index is 849. The van der Waals surface area contributed by atoms with E-state index in [1.807, 2.05) is 6.92 Å². The Morgan fingerprint density at radius 1 is 0.568 bits per heavy atom. The predicted molar refractivity (Wildman–Crippen MR) is 130 cm³/mol. The van der Waals surface area contributed by atoms with Crippen LogP contribution in [0.2, 0.25) is 0 Å². The highest BCUT2D eigenvalue weighted by Crippen LogP contribution is 2.13. The molecule has 0 amide bonds. The first kappa shape index (κ1) is 31.4. The van der Waals surface area contributed by atoms with Gasteiger partial charge in [-0.2, -0.15) is 0 Å². The van der Waals surface area contributed by atoms with E-state index >= 15 is 0 Å². The first-order valence-corrected chi connectivity index (χ1v) is 12.4. The van der Waals surface area contributed by atoms with E-state index in [-0.39, 0.29) is 52.1 Å². The Hall–Kier alpha value is -3.63. The normalized spacial score (nSPS) is 10.2. The molecule has 1 aromatic rings. The number of carbonyl (C=O) groups excluding carboxylic acids is 5. The molecule has 0 heterocycles. The van der Waals surface area contributed by atoms with Crippen LogP contribution in [0.4, 0.5) is 0 Å². The van der Waals surface area contributed by atoms with Gasteiger partial charge in [0.2, 0.25) is 0 Å². The van der Waals surface area contributed by atoms with E-state index in [1.165, 1.54) is 0 Å². The summed E-state index contributed by atoms with van der Waals surface area (Å²) in [5.41, 5.74) is 0.338. The molecular weight excluding hydrogens is 488 g/mol. The average molecular weight is 525 g/mol. The summed E-state index contributed by atoms with van der Waals surface area (Å²) < 4.78 is 30.3. The highest BCUT2D eigenvalue weighted by atomic mass is 16.6. The minimum atomic E-state index is -0.522. The van der Waals surface area contributed by atoms with Gasteiger partial charge in [-0.25, -0.2) is 4.79 Å². The predicted octanol–water partition coefficient (Wildman–Crippen LogP) is 3.17. The summed E-state index contributed by atoms with van der Waals surface area (Å²) in [6.45, 7) is 4.78. The molecule has 1 rings (SSSR count). The molecule has 0 N–H and O–H groups in total. The van der Waals surface area contributed by atoms with Gasteiger partial charge in [0.15, 0.2) is 0 Å². The third-order valence-electron chi connectivity index (χ3n) is 4.53. The van der Waals surface area contributed by atoms with E-state index in [0.29, 0.717) is 37.4 Å². The molecule has 0 unspecified atom stereocenters. The Morgan fingerprint density at radius 2 is 1.03 bits per heavy atom. The van der Waals surface area contributed by atoms with Crippen molar-refractivity contribution in [3.8, 4) is 5.75 Å². The van der Waals surface area contributed by atoms with Gasteiger partial charge in [0.05, 0.1) is 70.9 Å². The molecule has 11 heteroatoms. The number of carbonyl (C=O) groups is 5. The molecule has 0 bridgehead atoms. The smallest absolute Gasteiger partial charge is 0.338 e. The molecule has 0 saturated carbocycles. The van der Waals surface area contributed by atoms with Gasteiger partial charge in [0.1, 0.15) is 5.75 Å². The van der Waals surface area contributed by atoms with Crippen LogP contribution in [0.25, 0.3) is 0 Å². The van der Waals surface area contributed by atoms with Crippen molar-refractivity contribution >= 4 is 29.8 Å². The van der Waals surface area contributed by atoms with Crippen LogP contribution in [0.1, 0.15) is 69.2 Å². The fourth-order valence-electron chi connectivity index (χ4n) is 2.69. The van der Waals surface area contributed by atoms with Crippen molar-refractivity contribution in [3.63, 3.8) is 0 Å². The molecule has 0 aliphatic heterocycles. The summed E-state index contributed by atoms with van der Waals surface area (Å²) >= 11 is 0. The maximum absolute atomic E-state index is 12.1. The maximum atomic E-state index is 12.1. The molecule has 0 atom stereocenters. The molecule has 0 fully saturated rings. The van der Waals surface area contributed by atoms with Crippen LogP contribution in [0.3, 0.4) is 0 Å². The van der Waals surface area contributed by atoms with E-state index in [4.69, 9.17) is 28.4 Å². The van der Waals surface area contributed by atoms with E-state index < -0.39 is 29.8 Å². The Balaban J connectivity index is 2.13. The zero-order valence-electron chi connectivity index (χ0n) is 21.5. The van der Waals surface area contributed by atoms with Gasteiger partial charge in [-0.1, -0.05) is 6.92 Å². The zero-order chi connectivity index (χ0) is 27.3. The maximum Gasteiger partial charge on any atom is 0.338 e. The summed E-state index contributed by atoms with van der Waals surface area (Å²) in [6, 6.07) is 6.36. The van der Waals surface area contributed by atoms with E-state index in [1.54, 1.807) is 31.2 Å². The van der Waals surface area contributed by atoms with Crippen LogP contribution in [-0.2, 0) is 42.9 Å². The fourth-order valence-corrected chi connectivity index (χ4v) is 2.69.